The third kappa shape index (κ3) is 3.28. The van der Waals surface area contributed by atoms with Gasteiger partial charge in [0.15, 0.2) is 0 Å². The van der Waals surface area contributed by atoms with Gasteiger partial charge in [-0.25, -0.2) is 0 Å². The first kappa shape index (κ1) is 11.0. The van der Waals surface area contributed by atoms with Crippen LogP contribution in [0.5, 0.6) is 0 Å². The molecule has 0 saturated heterocycles. The Hall–Kier alpha value is -0.0800. The van der Waals surface area contributed by atoms with Gasteiger partial charge in [0.25, 0.3) is 0 Å². The lowest BCUT2D eigenvalue weighted by molar-refractivity contribution is 0.201. The van der Waals surface area contributed by atoms with Gasteiger partial charge < -0.3 is 0 Å². The second-order valence-electron chi connectivity index (χ2n) is 4.59. The van der Waals surface area contributed by atoms with Gasteiger partial charge >= 0.3 is 0 Å². The molecule has 0 bridgehead atoms. The minimum absolute atomic E-state index is 0.579. The fourth-order valence-electron chi connectivity index (χ4n) is 2.28. The van der Waals surface area contributed by atoms with E-state index in [0.29, 0.717) is 6.04 Å². The summed E-state index contributed by atoms with van der Waals surface area (Å²) in [7, 11) is 0. The van der Waals surface area contributed by atoms with Crippen LogP contribution in [0.3, 0.4) is 0 Å². The van der Waals surface area contributed by atoms with E-state index in [9.17, 15) is 0 Å². The van der Waals surface area contributed by atoms with E-state index in [0.717, 1.165) is 11.8 Å². The Morgan fingerprint density at radius 3 is 2.54 bits per heavy atom. The zero-order valence-electron chi connectivity index (χ0n) is 9.05. The van der Waals surface area contributed by atoms with Crippen LogP contribution >= 0.6 is 0 Å². The van der Waals surface area contributed by atoms with Gasteiger partial charge in [-0.15, -0.1) is 0 Å². The molecule has 3 N–H and O–H groups in total. The van der Waals surface area contributed by atoms with E-state index in [1.807, 2.05) is 0 Å². The molecule has 0 radical (unpaired) electrons. The van der Waals surface area contributed by atoms with E-state index in [2.05, 4.69) is 19.3 Å². The molecule has 0 aliphatic heterocycles. The predicted octanol–water partition coefficient (Wildman–Crippen LogP) is 2.44. The van der Waals surface area contributed by atoms with Gasteiger partial charge in [-0.1, -0.05) is 33.1 Å². The zero-order chi connectivity index (χ0) is 9.68. The number of nitrogens with two attached hydrogens (primary N) is 1. The van der Waals surface area contributed by atoms with Crippen molar-refractivity contribution in [2.45, 2.75) is 58.4 Å². The van der Waals surface area contributed by atoms with Crippen LogP contribution in [0.25, 0.3) is 0 Å². The molecule has 78 valence electrons. The summed E-state index contributed by atoms with van der Waals surface area (Å²) in [6.45, 7) is 4.59. The van der Waals surface area contributed by atoms with E-state index in [-0.39, 0.29) is 0 Å². The molecule has 2 nitrogen and oxygen atoms in total. The second kappa shape index (κ2) is 5.61. The highest BCUT2D eigenvalue weighted by Gasteiger charge is 2.27. The molecule has 1 rings (SSSR count). The summed E-state index contributed by atoms with van der Waals surface area (Å²) in [4.78, 5) is 0. The van der Waals surface area contributed by atoms with Crippen LogP contribution in [0.15, 0.2) is 0 Å². The summed E-state index contributed by atoms with van der Waals surface area (Å²) >= 11 is 0. The third-order valence-corrected chi connectivity index (χ3v) is 3.37. The van der Waals surface area contributed by atoms with Crippen molar-refractivity contribution in [3.63, 3.8) is 0 Å². The maximum atomic E-state index is 5.58. The summed E-state index contributed by atoms with van der Waals surface area (Å²) in [5.74, 6) is 7.27. The van der Waals surface area contributed by atoms with Crippen molar-refractivity contribution in [1.82, 2.24) is 5.43 Å². The summed E-state index contributed by atoms with van der Waals surface area (Å²) in [5.41, 5.74) is 2.99. The van der Waals surface area contributed by atoms with Crippen molar-refractivity contribution in [1.29, 1.82) is 0 Å². The van der Waals surface area contributed by atoms with E-state index in [1.54, 1.807) is 0 Å². The Bertz CT molecular complexity index is 132. The van der Waals surface area contributed by atoms with Gasteiger partial charge in [0, 0.05) is 6.04 Å². The van der Waals surface area contributed by atoms with E-state index in [1.165, 1.54) is 38.5 Å². The lowest BCUT2D eigenvalue weighted by Crippen LogP contribution is -2.44. The lowest BCUT2D eigenvalue weighted by atomic mass is 9.77. The maximum absolute atomic E-state index is 5.58. The van der Waals surface area contributed by atoms with Crippen LogP contribution in [0.4, 0.5) is 0 Å². The molecule has 2 unspecified atom stereocenters. The molecule has 0 aromatic rings. The predicted molar refractivity (Wildman–Crippen MR) is 57.1 cm³/mol. The number of hydrogen-bond acceptors (Lipinski definition) is 2. The largest absolute Gasteiger partial charge is 0.271 e. The minimum atomic E-state index is 0.579. The number of rotatable bonds is 6. The molecule has 1 fully saturated rings. The van der Waals surface area contributed by atoms with Gasteiger partial charge in [-0.3, -0.25) is 11.3 Å². The minimum Gasteiger partial charge on any atom is -0.271 e. The van der Waals surface area contributed by atoms with Gasteiger partial charge in [0.1, 0.15) is 0 Å². The van der Waals surface area contributed by atoms with Crippen LogP contribution in [0.2, 0.25) is 0 Å². The zero-order valence-corrected chi connectivity index (χ0v) is 9.05. The summed E-state index contributed by atoms with van der Waals surface area (Å²) < 4.78 is 0. The van der Waals surface area contributed by atoms with Crippen molar-refractivity contribution in [3.8, 4) is 0 Å². The lowest BCUT2D eigenvalue weighted by Gasteiger charge is -2.34. The summed E-state index contributed by atoms with van der Waals surface area (Å²) in [6, 6.07) is 0.579. The topological polar surface area (TPSA) is 38.0 Å². The van der Waals surface area contributed by atoms with E-state index in [4.69, 9.17) is 5.84 Å². The second-order valence-corrected chi connectivity index (χ2v) is 4.59. The summed E-state index contributed by atoms with van der Waals surface area (Å²) in [5, 5.41) is 0. The number of hydrazine groups is 1. The van der Waals surface area contributed by atoms with Gasteiger partial charge in [0.05, 0.1) is 0 Å². The molecule has 2 atom stereocenters. The molecule has 0 aromatic carbocycles. The summed E-state index contributed by atoms with van der Waals surface area (Å²) in [6.07, 6.45) is 8.06. The molecule has 1 aliphatic carbocycles. The third-order valence-electron chi connectivity index (χ3n) is 3.37. The standard InChI is InChI=1S/C11H24N2/c1-3-5-9(2)8-11(13-12)10-6-4-7-10/h9-11,13H,3-8,12H2,1-2H3. The average molecular weight is 184 g/mol. The smallest absolute Gasteiger partial charge is 0.0241 e. The first-order valence-corrected chi connectivity index (χ1v) is 5.74. The monoisotopic (exact) mass is 184 g/mol. The van der Waals surface area contributed by atoms with Crippen molar-refractivity contribution in [2.24, 2.45) is 17.7 Å². The van der Waals surface area contributed by atoms with Crippen LogP contribution in [-0.2, 0) is 0 Å². The molecular formula is C11H24N2. The number of hydrogen-bond donors (Lipinski definition) is 2. The SMILES string of the molecule is CCCC(C)CC(NN)C1CCC1. The highest BCUT2D eigenvalue weighted by atomic mass is 15.2. The quantitative estimate of drug-likeness (QED) is 0.491. The Labute approximate surface area is 82.2 Å². The Morgan fingerprint density at radius 2 is 2.15 bits per heavy atom. The normalized spacial score (nSPS) is 22.4. The maximum Gasteiger partial charge on any atom is 0.0241 e. The van der Waals surface area contributed by atoms with Gasteiger partial charge in [-0.05, 0) is 31.1 Å². The highest BCUT2D eigenvalue weighted by Crippen LogP contribution is 2.32. The average Bonchev–Trinajstić information content (AvgIpc) is 2.00. The first-order chi connectivity index (χ1) is 6.27. The van der Waals surface area contributed by atoms with Crippen LogP contribution in [0.1, 0.15) is 52.4 Å². The van der Waals surface area contributed by atoms with Crippen molar-refractivity contribution < 1.29 is 0 Å². The number of nitrogens with one attached hydrogen (secondary N) is 1. The van der Waals surface area contributed by atoms with Gasteiger partial charge in [0.2, 0.25) is 0 Å². The molecule has 1 saturated carbocycles. The fraction of sp³-hybridized carbons (Fsp3) is 1.00. The molecule has 0 spiro atoms. The van der Waals surface area contributed by atoms with Crippen LogP contribution in [0, 0.1) is 11.8 Å². The van der Waals surface area contributed by atoms with Crippen molar-refractivity contribution in [2.75, 3.05) is 0 Å². The molecule has 0 amide bonds. The van der Waals surface area contributed by atoms with E-state index >= 15 is 0 Å². The van der Waals surface area contributed by atoms with Crippen molar-refractivity contribution >= 4 is 0 Å². The molecule has 0 heterocycles. The highest BCUT2D eigenvalue weighted by molar-refractivity contribution is 4.82. The Balaban J connectivity index is 2.21. The molecule has 1 aliphatic rings. The Kier molecular flexibility index (Phi) is 4.74. The molecular weight excluding hydrogens is 160 g/mol. The molecule has 13 heavy (non-hydrogen) atoms. The Morgan fingerprint density at radius 1 is 1.46 bits per heavy atom. The molecule has 0 aromatic heterocycles. The fourth-order valence-corrected chi connectivity index (χ4v) is 2.28. The van der Waals surface area contributed by atoms with Gasteiger partial charge in [-0.2, -0.15) is 0 Å². The van der Waals surface area contributed by atoms with E-state index < -0.39 is 0 Å². The van der Waals surface area contributed by atoms with Crippen molar-refractivity contribution in [3.05, 3.63) is 0 Å². The first-order valence-electron chi connectivity index (χ1n) is 5.74. The molecule has 2 heteroatoms. The van der Waals surface area contributed by atoms with Crippen LogP contribution in [-0.4, -0.2) is 6.04 Å². The van der Waals surface area contributed by atoms with Crippen LogP contribution < -0.4 is 11.3 Å².